The van der Waals surface area contributed by atoms with Crippen LogP contribution < -0.4 is 4.72 Å². The third-order valence-electron chi connectivity index (χ3n) is 3.64. The molecule has 0 aliphatic heterocycles. The summed E-state index contributed by atoms with van der Waals surface area (Å²) in [6.45, 7) is 0. The molecule has 0 saturated heterocycles. The third kappa shape index (κ3) is 4.45. The summed E-state index contributed by atoms with van der Waals surface area (Å²) in [6, 6.07) is 19.5. The normalized spacial score (nSPS) is 11.4. The number of aryl methyl sites for hydroxylation is 2. The van der Waals surface area contributed by atoms with Crippen molar-refractivity contribution < 1.29 is 8.42 Å². The van der Waals surface area contributed by atoms with Gasteiger partial charge in [-0.1, -0.05) is 42.5 Å². The molecule has 0 saturated carbocycles. The van der Waals surface area contributed by atoms with Crippen LogP contribution in [0.5, 0.6) is 0 Å². The molecule has 0 unspecified atom stereocenters. The van der Waals surface area contributed by atoms with E-state index < -0.39 is 10.0 Å². The Morgan fingerprint density at radius 2 is 1.71 bits per heavy atom. The Balaban J connectivity index is 1.61. The predicted octanol–water partition coefficient (Wildman–Crippen LogP) is 3.23. The standard InChI is InChI=1S/C18H19N3O2S/c1-24(22,23)21-16-10-7-14(8-11-16)9-12-17-13-18(20-19-17)15-5-3-2-4-6-15/h2-8,10-11,13,21H,9,12H2,1H3,(H,19,20). The molecule has 6 heteroatoms. The van der Waals surface area contributed by atoms with E-state index in [1.165, 1.54) is 0 Å². The van der Waals surface area contributed by atoms with Gasteiger partial charge in [0.25, 0.3) is 0 Å². The number of aromatic nitrogens is 2. The number of hydrogen-bond donors (Lipinski definition) is 2. The van der Waals surface area contributed by atoms with E-state index in [4.69, 9.17) is 0 Å². The number of sulfonamides is 1. The summed E-state index contributed by atoms with van der Waals surface area (Å²) in [5.74, 6) is 0. The lowest BCUT2D eigenvalue weighted by Gasteiger charge is -2.05. The van der Waals surface area contributed by atoms with Gasteiger partial charge >= 0.3 is 0 Å². The highest BCUT2D eigenvalue weighted by Gasteiger charge is 2.05. The van der Waals surface area contributed by atoms with Crippen molar-refractivity contribution in [2.75, 3.05) is 11.0 Å². The number of aromatic amines is 1. The molecule has 5 nitrogen and oxygen atoms in total. The number of hydrogen-bond acceptors (Lipinski definition) is 3. The second-order valence-electron chi connectivity index (χ2n) is 5.72. The lowest BCUT2D eigenvalue weighted by atomic mass is 10.1. The molecule has 0 spiro atoms. The molecule has 0 aliphatic carbocycles. The number of nitrogens with zero attached hydrogens (tertiary/aromatic N) is 1. The van der Waals surface area contributed by atoms with Gasteiger partial charge in [-0.2, -0.15) is 5.10 Å². The minimum atomic E-state index is -3.23. The van der Waals surface area contributed by atoms with Crippen molar-refractivity contribution in [2.45, 2.75) is 12.8 Å². The molecule has 2 N–H and O–H groups in total. The number of rotatable bonds is 6. The minimum Gasteiger partial charge on any atom is -0.284 e. The van der Waals surface area contributed by atoms with Crippen molar-refractivity contribution in [1.29, 1.82) is 0 Å². The second kappa shape index (κ2) is 6.88. The highest BCUT2D eigenvalue weighted by molar-refractivity contribution is 7.92. The van der Waals surface area contributed by atoms with E-state index in [1.807, 2.05) is 42.5 Å². The van der Waals surface area contributed by atoms with Crippen molar-refractivity contribution in [1.82, 2.24) is 10.2 Å². The number of benzene rings is 2. The van der Waals surface area contributed by atoms with Crippen molar-refractivity contribution >= 4 is 15.7 Å². The van der Waals surface area contributed by atoms with E-state index in [1.54, 1.807) is 12.1 Å². The van der Waals surface area contributed by atoms with Crippen LogP contribution >= 0.6 is 0 Å². The Morgan fingerprint density at radius 1 is 1.00 bits per heavy atom. The second-order valence-corrected chi connectivity index (χ2v) is 7.46. The average Bonchev–Trinajstić information content (AvgIpc) is 3.03. The fraction of sp³-hybridized carbons (Fsp3) is 0.167. The fourth-order valence-electron chi connectivity index (χ4n) is 2.48. The summed E-state index contributed by atoms with van der Waals surface area (Å²) in [7, 11) is -3.23. The summed E-state index contributed by atoms with van der Waals surface area (Å²) in [6.07, 6.45) is 2.84. The molecule has 0 radical (unpaired) electrons. The first-order valence-electron chi connectivity index (χ1n) is 7.66. The molecular formula is C18H19N3O2S. The molecule has 1 aromatic heterocycles. The summed E-state index contributed by atoms with van der Waals surface area (Å²) >= 11 is 0. The zero-order valence-electron chi connectivity index (χ0n) is 13.4. The first-order chi connectivity index (χ1) is 11.5. The highest BCUT2D eigenvalue weighted by atomic mass is 32.2. The van der Waals surface area contributed by atoms with E-state index >= 15 is 0 Å². The first-order valence-corrected chi connectivity index (χ1v) is 9.55. The zero-order valence-corrected chi connectivity index (χ0v) is 14.2. The van der Waals surface area contributed by atoms with Crippen LogP contribution in [0.4, 0.5) is 5.69 Å². The topological polar surface area (TPSA) is 74.8 Å². The maximum absolute atomic E-state index is 11.2. The maximum Gasteiger partial charge on any atom is 0.229 e. The number of nitrogens with one attached hydrogen (secondary N) is 2. The zero-order chi connectivity index (χ0) is 17.0. The summed E-state index contributed by atoms with van der Waals surface area (Å²) in [5.41, 5.74) is 4.83. The SMILES string of the molecule is CS(=O)(=O)Nc1ccc(CCc2cc(-c3ccccc3)n[nH]2)cc1. The summed E-state index contributed by atoms with van der Waals surface area (Å²) in [5, 5.41) is 7.43. The molecule has 2 aromatic carbocycles. The van der Waals surface area contributed by atoms with E-state index in [0.717, 1.165) is 41.6 Å². The lowest BCUT2D eigenvalue weighted by molar-refractivity contribution is 0.607. The Bertz CT molecular complexity index is 901. The largest absolute Gasteiger partial charge is 0.284 e. The molecule has 3 aromatic rings. The predicted molar refractivity (Wildman–Crippen MR) is 96.3 cm³/mol. The van der Waals surface area contributed by atoms with E-state index in [0.29, 0.717) is 5.69 Å². The van der Waals surface area contributed by atoms with Gasteiger partial charge in [-0.25, -0.2) is 8.42 Å². The molecule has 0 bridgehead atoms. The monoisotopic (exact) mass is 341 g/mol. The van der Waals surface area contributed by atoms with E-state index in [2.05, 4.69) is 21.0 Å². The van der Waals surface area contributed by atoms with Gasteiger partial charge in [0.2, 0.25) is 10.0 Å². The quantitative estimate of drug-likeness (QED) is 0.723. The fourth-order valence-corrected chi connectivity index (χ4v) is 3.04. The van der Waals surface area contributed by atoms with E-state index in [-0.39, 0.29) is 0 Å². The van der Waals surface area contributed by atoms with Gasteiger partial charge in [-0.05, 0) is 36.6 Å². The van der Waals surface area contributed by atoms with Gasteiger partial charge in [0.05, 0.1) is 11.9 Å². The maximum atomic E-state index is 11.2. The molecule has 0 fully saturated rings. The van der Waals surface area contributed by atoms with Gasteiger partial charge in [0, 0.05) is 16.9 Å². The van der Waals surface area contributed by atoms with Gasteiger partial charge in [0.15, 0.2) is 0 Å². The van der Waals surface area contributed by atoms with Crippen LogP contribution in [-0.2, 0) is 22.9 Å². The molecule has 0 atom stereocenters. The Morgan fingerprint density at radius 3 is 2.38 bits per heavy atom. The van der Waals surface area contributed by atoms with Crippen LogP contribution in [0.15, 0.2) is 60.7 Å². The molecule has 0 aliphatic rings. The molecule has 0 amide bonds. The van der Waals surface area contributed by atoms with Crippen molar-refractivity contribution in [3.63, 3.8) is 0 Å². The average molecular weight is 341 g/mol. The van der Waals surface area contributed by atoms with Crippen molar-refractivity contribution in [2.24, 2.45) is 0 Å². The first kappa shape index (κ1) is 16.3. The van der Waals surface area contributed by atoms with Crippen LogP contribution in [0.1, 0.15) is 11.3 Å². The lowest BCUT2D eigenvalue weighted by Crippen LogP contribution is -2.09. The number of anilines is 1. The minimum absolute atomic E-state index is 0.578. The van der Waals surface area contributed by atoms with Crippen molar-refractivity contribution in [3.8, 4) is 11.3 Å². The van der Waals surface area contributed by atoms with Crippen LogP contribution in [-0.4, -0.2) is 24.9 Å². The molecule has 3 rings (SSSR count). The van der Waals surface area contributed by atoms with Crippen LogP contribution in [0.3, 0.4) is 0 Å². The van der Waals surface area contributed by atoms with Crippen LogP contribution in [0.25, 0.3) is 11.3 Å². The van der Waals surface area contributed by atoms with Crippen LogP contribution in [0.2, 0.25) is 0 Å². The van der Waals surface area contributed by atoms with Gasteiger partial charge in [-0.3, -0.25) is 9.82 Å². The Kier molecular flexibility index (Phi) is 4.66. The Hall–Kier alpha value is -2.60. The van der Waals surface area contributed by atoms with Gasteiger partial charge in [-0.15, -0.1) is 0 Å². The smallest absolute Gasteiger partial charge is 0.229 e. The highest BCUT2D eigenvalue weighted by Crippen LogP contribution is 2.18. The summed E-state index contributed by atoms with van der Waals surface area (Å²) in [4.78, 5) is 0. The molecular weight excluding hydrogens is 322 g/mol. The van der Waals surface area contributed by atoms with Crippen LogP contribution in [0, 0.1) is 0 Å². The van der Waals surface area contributed by atoms with Gasteiger partial charge in [0.1, 0.15) is 0 Å². The Labute approximate surface area is 141 Å². The molecule has 1 heterocycles. The van der Waals surface area contributed by atoms with E-state index in [9.17, 15) is 8.42 Å². The van der Waals surface area contributed by atoms with Gasteiger partial charge < -0.3 is 0 Å². The number of H-pyrrole nitrogens is 1. The molecule has 24 heavy (non-hydrogen) atoms. The van der Waals surface area contributed by atoms with Crippen molar-refractivity contribution in [3.05, 3.63) is 71.9 Å². The third-order valence-corrected chi connectivity index (χ3v) is 4.25. The summed E-state index contributed by atoms with van der Waals surface area (Å²) < 4.78 is 24.8. The molecule has 124 valence electrons.